The number of aryl methyl sites for hydroxylation is 1. The van der Waals surface area contributed by atoms with Gasteiger partial charge in [-0.05, 0) is 54.7 Å². The summed E-state index contributed by atoms with van der Waals surface area (Å²) in [5, 5.41) is 2.91. The lowest BCUT2D eigenvalue weighted by molar-refractivity contribution is -0.127. The molecule has 0 aliphatic rings. The SMILES string of the molecule is COc1ccc(CNC(=O)C(C)Oc2cc(C(C)C)ccc2C)cc1. The molecule has 4 nitrogen and oxygen atoms in total. The number of carbonyl (C=O) groups is 1. The van der Waals surface area contributed by atoms with Crippen LogP contribution < -0.4 is 14.8 Å². The van der Waals surface area contributed by atoms with E-state index in [2.05, 4.69) is 25.2 Å². The van der Waals surface area contributed by atoms with E-state index >= 15 is 0 Å². The number of hydrogen-bond acceptors (Lipinski definition) is 3. The fourth-order valence-electron chi connectivity index (χ4n) is 2.42. The summed E-state index contributed by atoms with van der Waals surface area (Å²) in [5.41, 5.74) is 3.24. The zero-order chi connectivity index (χ0) is 18.4. The molecule has 0 aliphatic carbocycles. The second-order valence-electron chi connectivity index (χ2n) is 6.51. The minimum Gasteiger partial charge on any atom is -0.497 e. The normalized spacial score (nSPS) is 11.9. The maximum absolute atomic E-state index is 12.3. The van der Waals surface area contributed by atoms with Gasteiger partial charge in [0.05, 0.1) is 7.11 Å². The highest BCUT2D eigenvalue weighted by atomic mass is 16.5. The van der Waals surface area contributed by atoms with Crippen LogP contribution in [0.5, 0.6) is 11.5 Å². The molecule has 0 bridgehead atoms. The van der Waals surface area contributed by atoms with Crippen molar-refractivity contribution in [3.8, 4) is 11.5 Å². The average Bonchev–Trinajstić information content (AvgIpc) is 2.61. The summed E-state index contributed by atoms with van der Waals surface area (Å²) < 4.78 is 11.0. The maximum atomic E-state index is 12.3. The average molecular weight is 341 g/mol. The van der Waals surface area contributed by atoms with Crippen molar-refractivity contribution in [1.82, 2.24) is 5.32 Å². The second kappa shape index (κ2) is 8.56. The third-order valence-corrected chi connectivity index (χ3v) is 4.18. The van der Waals surface area contributed by atoms with Crippen LogP contribution in [0.1, 0.15) is 43.4 Å². The molecule has 0 spiro atoms. The Hall–Kier alpha value is -2.49. The van der Waals surface area contributed by atoms with E-state index in [-0.39, 0.29) is 5.91 Å². The minimum absolute atomic E-state index is 0.134. The fourth-order valence-corrected chi connectivity index (χ4v) is 2.42. The molecule has 0 radical (unpaired) electrons. The van der Waals surface area contributed by atoms with Crippen LogP contribution in [0.2, 0.25) is 0 Å². The number of benzene rings is 2. The summed E-state index contributed by atoms with van der Waals surface area (Å²) in [5.74, 6) is 1.85. The van der Waals surface area contributed by atoms with E-state index in [1.54, 1.807) is 14.0 Å². The van der Waals surface area contributed by atoms with Crippen molar-refractivity contribution >= 4 is 5.91 Å². The van der Waals surface area contributed by atoms with Crippen LogP contribution in [0.4, 0.5) is 0 Å². The first-order valence-electron chi connectivity index (χ1n) is 8.58. The number of rotatable bonds is 7. The van der Waals surface area contributed by atoms with Gasteiger partial charge in [0, 0.05) is 6.54 Å². The van der Waals surface area contributed by atoms with Gasteiger partial charge in [-0.3, -0.25) is 4.79 Å². The molecule has 1 amide bonds. The van der Waals surface area contributed by atoms with Crippen LogP contribution in [0.15, 0.2) is 42.5 Å². The summed E-state index contributed by atoms with van der Waals surface area (Å²) in [6.45, 7) is 8.49. The van der Waals surface area contributed by atoms with Crippen LogP contribution >= 0.6 is 0 Å². The van der Waals surface area contributed by atoms with Crippen LogP contribution in [-0.2, 0) is 11.3 Å². The zero-order valence-corrected chi connectivity index (χ0v) is 15.6. The quantitative estimate of drug-likeness (QED) is 0.820. The molecule has 0 aliphatic heterocycles. The number of carbonyl (C=O) groups excluding carboxylic acids is 1. The number of methoxy groups -OCH3 is 1. The summed E-state index contributed by atoms with van der Waals surface area (Å²) >= 11 is 0. The lowest BCUT2D eigenvalue weighted by atomic mass is 10.0. The molecule has 0 saturated carbocycles. The molecule has 4 heteroatoms. The number of hydrogen-bond donors (Lipinski definition) is 1. The van der Waals surface area contributed by atoms with Crippen molar-refractivity contribution in [1.29, 1.82) is 0 Å². The van der Waals surface area contributed by atoms with Crippen molar-refractivity contribution in [2.75, 3.05) is 7.11 Å². The molecule has 2 aromatic carbocycles. The van der Waals surface area contributed by atoms with Gasteiger partial charge in [0.15, 0.2) is 6.10 Å². The van der Waals surface area contributed by atoms with Crippen LogP contribution in [0.3, 0.4) is 0 Å². The molecule has 0 heterocycles. The Morgan fingerprint density at radius 1 is 1.08 bits per heavy atom. The molecule has 1 atom stereocenters. The first-order chi connectivity index (χ1) is 11.9. The largest absolute Gasteiger partial charge is 0.497 e. The Labute approximate surface area is 150 Å². The van der Waals surface area contributed by atoms with Gasteiger partial charge in [-0.1, -0.05) is 38.1 Å². The highest BCUT2D eigenvalue weighted by Gasteiger charge is 2.16. The number of amides is 1. The minimum atomic E-state index is -0.556. The Morgan fingerprint density at radius 2 is 1.76 bits per heavy atom. The molecule has 2 rings (SSSR count). The van der Waals surface area contributed by atoms with Crippen LogP contribution in [0.25, 0.3) is 0 Å². The third kappa shape index (κ3) is 5.24. The monoisotopic (exact) mass is 341 g/mol. The lowest BCUT2D eigenvalue weighted by Crippen LogP contribution is -2.36. The van der Waals surface area contributed by atoms with E-state index in [9.17, 15) is 4.79 Å². The molecule has 2 aromatic rings. The van der Waals surface area contributed by atoms with Crippen LogP contribution in [0, 0.1) is 6.92 Å². The Kier molecular flexibility index (Phi) is 6.45. The highest BCUT2D eigenvalue weighted by molar-refractivity contribution is 5.80. The van der Waals surface area contributed by atoms with E-state index in [1.807, 2.05) is 43.3 Å². The topological polar surface area (TPSA) is 47.6 Å². The Bertz CT molecular complexity index is 708. The Morgan fingerprint density at radius 3 is 2.36 bits per heavy atom. The van der Waals surface area contributed by atoms with Gasteiger partial charge in [-0.2, -0.15) is 0 Å². The maximum Gasteiger partial charge on any atom is 0.261 e. The Balaban J connectivity index is 1.94. The van der Waals surface area contributed by atoms with Gasteiger partial charge >= 0.3 is 0 Å². The van der Waals surface area contributed by atoms with Gasteiger partial charge in [0.2, 0.25) is 0 Å². The molecular weight excluding hydrogens is 314 g/mol. The molecular formula is C21H27NO3. The third-order valence-electron chi connectivity index (χ3n) is 4.18. The molecule has 0 fully saturated rings. The van der Waals surface area contributed by atoms with E-state index in [4.69, 9.17) is 9.47 Å². The number of nitrogens with one attached hydrogen (secondary N) is 1. The highest BCUT2D eigenvalue weighted by Crippen LogP contribution is 2.25. The van der Waals surface area contributed by atoms with Crippen LogP contribution in [-0.4, -0.2) is 19.1 Å². The van der Waals surface area contributed by atoms with E-state index in [1.165, 1.54) is 5.56 Å². The van der Waals surface area contributed by atoms with Crippen molar-refractivity contribution in [3.05, 3.63) is 59.2 Å². The van der Waals surface area contributed by atoms with Gasteiger partial charge in [0.25, 0.3) is 5.91 Å². The fraction of sp³-hybridized carbons (Fsp3) is 0.381. The van der Waals surface area contributed by atoms with Gasteiger partial charge in [-0.15, -0.1) is 0 Å². The van der Waals surface area contributed by atoms with Crippen molar-refractivity contribution in [3.63, 3.8) is 0 Å². The molecule has 1 unspecified atom stereocenters. The van der Waals surface area contributed by atoms with Gasteiger partial charge < -0.3 is 14.8 Å². The molecule has 0 aromatic heterocycles. The van der Waals surface area contributed by atoms with Gasteiger partial charge in [-0.25, -0.2) is 0 Å². The molecule has 0 saturated heterocycles. The standard InChI is InChI=1S/C21H27NO3/c1-14(2)18-9-6-15(3)20(12-18)25-16(4)21(23)22-13-17-7-10-19(24-5)11-8-17/h6-12,14,16H,13H2,1-5H3,(H,22,23). The summed E-state index contributed by atoms with van der Waals surface area (Å²) in [7, 11) is 1.63. The van der Waals surface area contributed by atoms with Crippen molar-refractivity contribution < 1.29 is 14.3 Å². The van der Waals surface area contributed by atoms with Crippen molar-refractivity contribution in [2.45, 2.75) is 46.3 Å². The summed E-state index contributed by atoms with van der Waals surface area (Å²) in [6, 6.07) is 13.8. The summed E-state index contributed by atoms with van der Waals surface area (Å²) in [6.07, 6.45) is -0.556. The van der Waals surface area contributed by atoms with Gasteiger partial charge in [0.1, 0.15) is 11.5 Å². The number of ether oxygens (including phenoxy) is 2. The molecule has 134 valence electrons. The first kappa shape index (κ1) is 18.8. The predicted molar refractivity (Wildman–Crippen MR) is 100 cm³/mol. The van der Waals surface area contributed by atoms with Crippen molar-refractivity contribution in [2.24, 2.45) is 0 Å². The molecule has 25 heavy (non-hydrogen) atoms. The summed E-state index contributed by atoms with van der Waals surface area (Å²) in [4.78, 5) is 12.3. The zero-order valence-electron chi connectivity index (χ0n) is 15.6. The van der Waals surface area contributed by atoms with E-state index in [0.717, 1.165) is 22.6 Å². The van der Waals surface area contributed by atoms with E-state index < -0.39 is 6.10 Å². The molecule has 1 N–H and O–H groups in total. The first-order valence-corrected chi connectivity index (χ1v) is 8.58. The lowest BCUT2D eigenvalue weighted by Gasteiger charge is -2.18. The van der Waals surface area contributed by atoms with E-state index in [0.29, 0.717) is 12.5 Å². The smallest absolute Gasteiger partial charge is 0.261 e. The predicted octanol–water partition coefficient (Wildman–Crippen LogP) is 4.21. The second-order valence-corrected chi connectivity index (χ2v) is 6.51.